The maximum atomic E-state index is 12.1. The highest BCUT2D eigenvalue weighted by molar-refractivity contribution is 7.92. The second kappa shape index (κ2) is 17.0. The first kappa shape index (κ1) is 34.8. The molecule has 6 rings (SSSR count). The lowest BCUT2D eigenvalue weighted by atomic mass is 10.1. The van der Waals surface area contributed by atoms with Gasteiger partial charge in [-0.2, -0.15) is 0 Å². The zero-order valence-corrected chi connectivity index (χ0v) is 28.4. The van der Waals surface area contributed by atoms with Crippen LogP contribution in [0.25, 0.3) is 0 Å². The molecule has 47 heavy (non-hydrogen) atoms. The lowest BCUT2D eigenvalue weighted by molar-refractivity contribution is 0.479. The van der Waals surface area contributed by atoms with Crippen LogP contribution in [0.2, 0.25) is 5.02 Å². The van der Waals surface area contributed by atoms with Crippen molar-refractivity contribution in [3.05, 3.63) is 179 Å². The van der Waals surface area contributed by atoms with Crippen LogP contribution in [-0.4, -0.2) is 8.42 Å². The van der Waals surface area contributed by atoms with Crippen LogP contribution in [0.4, 0.5) is 5.69 Å². The van der Waals surface area contributed by atoms with Gasteiger partial charge in [0.25, 0.3) is 10.0 Å². The fourth-order valence-corrected chi connectivity index (χ4v) is 5.58. The van der Waals surface area contributed by atoms with Gasteiger partial charge in [0.2, 0.25) is 0 Å². The SMILES string of the molecule is Cc1ccc(Cl)cc1Oc1ccccc1.Cc1ccc(NS(=O)(=O)c2ccccc2)c(C)c1.Cc1ccc(Oc2ccccc2)cc1. The Morgan fingerprint density at radius 1 is 0.511 bits per heavy atom. The number of sulfonamides is 1. The molecule has 0 aliphatic rings. The first-order chi connectivity index (χ1) is 22.6. The highest BCUT2D eigenvalue weighted by Gasteiger charge is 2.14. The van der Waals surface area contributed by atoms with E-state index in [-0.39, 0.29) is 4.90 Å². The minimum atomic E-state index is -3.50. The van der Waals surface area contributed by atoms with E-state index in [2.05, 4.69) is 11.6 Å². The number of hydrogen-bond acceptors (Lipinski definition) is 4. The van der Waals surface area contributed by atoms with Crippen LogP contribution in [0.3, 0.4) is 0 Å². The number of anilines is 1. The molecule has 0 atom stereocenters. The largest absolute Gasteiger partial charge is 0.457 e. The Balaban J connectivity index is 0.000000161. The van der Waals surface area contributed by atoms with Crippen molar-refractivity contribution in [2.45, 2.75) is 32.6 Å². The average molecular weight is 664 g/mol. The Kier molecular flexibility index (Phi) is 12.6. The summed E-state index contributed by atoms with van der Waals surface area (Å²) in [7, 11) is -3.50. The molecule has 1 N–H and O–H groups in total. The van der Waals surface area contributed by atoms with Gasteiger partial charge in [-0.15, -0.1) is 0 Å². The molecule has 0 unspecified atom stereocenters. The van der Waals surface area contributed by atoms with Gasteiger partial charge in [0.1, 0.15) is 23.0 Å². The fraction of sp³-hybridized carbons (Fsp3) is 0.100. The Labute approximate surface area is 283 Å². The molecular weight excluding hydrogens is 626 g/mol. The van der Waals surface area contributed by atoms with Crippen molar-refractivity contribution < 1.29 is 17.9 Å². The van der Waals surface area contributed by atoms with E-state index < -0.39 is 10.0 Å². The number of rotatable bonds is 7. The summed E-state index contributed by atoms with van der Waals surface area (Å²) in [6.07, 6.45) is 0. The summed E-state index contributed by atoms with van der Waals surface area (Å²) in [5.41, 5.74) is 4.95. The van der Waals surface area contributed by atoms with Gasteiger partial charge in [-0.05, 0) is 106 Å². The quantitative estimate of drug-likeness (QED) is 0.185. The van der Waals surface area contributed by atoms with E-state index in [0.717, 1.165) is 39.7 Å². The van der Waals surface area contributed by atoms with E-state index in [1.165, 1.54) is 5.56 Å². The van der Waals surface area contributed by atoms with Gasteiger partial charge in [-0.25, -0.2) is 8.42 Å². The number of nitrogens with one attached hydrogen (secondary N) is 1. The molecule has 0 aliphatic carbocycles. The summed E-state index contributed by atoms with van der Waals surface area (Å²) in [6.45, 7) is 7.92. The molecule has 0 saturated carbocycles. The monoisotopic (exact) mass is 663 g/mol. The normalized spacial score (nSPS) is 10.4. The van der Waals surface area contributed by atoms with Gasteiger partial charge < -0.3 is 9.47 Å². The van der Waals surface area contributed by atoms with E-state index in [4.69, 9.17) is 21.1 Å². The zero-order valence-electron chi connectivity index (χ0n) is 26.9. The standard InChI is InChI=1S/C14H15NO2S.C13H11ClO.C13H12O/c1-11-8-9-14(12(2)10-11)15-18(16,17)13-6-4-3-5-7-13;1-10-7-8-11(14)9-13(10)15-12-5-3-2-4-6-12;1-11-7-9-13(10-8-11)14-12-5-3-2-4-6-12/h3-10,15H,1-2H3;2-9H,1H3;2-10H,1H3. The third-order valence-electron chi connectivity index (χ3n) is 6.80. The minimum Gasteiger partial charge on any atom is -0.457 e. The molecule has 0 amide bonds. The summed E-state index contributed by atoms with van der Waals surface area (Å²) in [5, 5.41) is 0.687. The van der Waals surface area contributed by atoms with Crippen LogP contribution in [-0.2, 0) is 10.0 Å². The molecule has 7 heteroatoms. The molecule has 0 heterocycles. The predicted octanol–water partition coefficient (Wildman–Crippen LogP) is 11.3. The van der Waals surface area contributed by atoms with Crippen LogP contribution in [0.5, 0.6) is 23.0 Å². The van der Waals surface area contributed by atoms with Gasteiger partial charge in [0, 0.05) is 5.02 Å². The number of ether oxygens (including phenoxy) is 2. The number of benzene rings is 6. The number of halogens is 1. The van der Waals surface area contributed by atoms with Crippen molar-refractivity contribution in [3.63, 3.8) is 0 Å². The third-order valence-corrected chi connectivity index (χ3v) is 8.42. The number of aryl methyl sites for hydroxylation is 4. The molecule has 0 aliphatic heterocycles. The van der Waals surface area contributed by atoms with Crippen LogP contribution in [0.1, 0.15) is 22.3 Å². The van der Waals surface area contributed by atoms with Gasteiger partial charge in [0.05, 0.1) is 10.6 Å². The van der Waals surface area contributed by atoms with Crippen molar-refractivity contribution in [1.29, 1.82) is 0 Å². The second-order valence-corrected chi connectivity index (χ2v) is 12.9. The van der Waals surface area contributed by atoms with Crippen molar-refractivity contribution in [2.24, 2.45) is 0 Å². The van der Waals surface area contributed by atoms with E-state index in [1.54, 1.807) is 36.4 Å². The van der Waals surface area contributed by atoms with Gasteiger partial charge in [-0.3, -0.25) is 4.72 Å². The molecule has 0 saturated heterocycles. The Bertz CT molecular complexity index is 1950. The molecule has 240 valence electrons. The fourth-order valence-electron chi connectivity index (χ4n) is 4.26. The topological polar surface area (TPSA) is 64.6 Å². The van der Waals surface area contributed by atoms with Crippen LogP contribution < -0.4 is 14.2 Å². The molecule has 0 radical (unpaired) electrons. The highest BCUT2D eigenvalue weighted by atomic mass is 35.5. The van der Waals surface area contributed by atoms with E-state index in [9.17, 15) is 8.42 Å². The molecule has 5 nitrogen and oxygen atoms in total. The molecule has 0 fully saturated rings. The Hall–Kier alpha value is -5.04. The first-order valence-corrected chi connectivity index (χ1v) is 16.9. The summed E-state index contributed by atoms with van der Waals surface area (Å²) in [5.74, 6) is 3.37. The second-order valence-electron chi connectivity index (χ2n) is 10.8. The summed E-state index contributed by atoms with van der Waals surface area (Å²) in [4.78, 5) is 0.268. The molecule has 6 aromatic rings. The molecule has 6 aromatic carbocycles. The van der Waals surface area contributed by atoms with Crippen molar-refractivity contribution in [3.8, 4) is 23.0 Å². The summed E-state index contributed by atoms with van der Waals surface area (Å²) in [6, 6.07) is 47.1. The molecule has 0 bridgehead atoms. The first-order valence-electron chi connectivity index (χ1n) is 15.0. The van der Waals surface area contributed by atoms with E-state index in [0.29, 0.717) is 10.7 Å². The molecular formula is C40H38ClNO4S. The van der Waals surface area contributed by atoms with E-state index >= 15 is 0 Å². The lowest BCUT2D eigenvalue weighted by Gasteiger charge is -2.11. The lowest BCUT2D eigenvalue weighted by Crippen LogP contribution is -2.13. The summed E-state index contributed by atoms with van der Waals surface area (Å²) < 4.78 is 38.2. The van der Waals surface area contributed by atoms with Crippen LogP contribution >= 0.6 is 11.6 Å². The average Bonchev–Trinajstić information content (AvgIpc) is 3.07. The predicted molar refractivity (Wildman–Crippen MR) is 194 cm³/mol. The van der Waals surface area contributed by atoms with Gasteiger partial charge in [0.15, 0.2) is 0 Å². The Morgan fingerprint density at radius 3 is 1.60 bits per heavy atom. The van der Waals surface area contributed by atoms with Gasteiger partial charge >= 0.3 is 0 Å². The maximum Gasteiger partial charge on any atom is 0.261 e. The van der Waals surface area contributed by atoms with Crippen molar-refractivity contribution >= 4 is 27.3 Å². The number of hydrogen-bond donors (Lipinski definition) is 1. The van der Waals surface area contributed by atoms with Crippen molar-refractivity contribution in [2.75, 3.05) is 4.72 Å². The minimum absolute atomic E-state index is 0.268. The number of para-hydroxylation sites is 2. The summed E-state index contributed by atoms with van der Waals surface area (Å²) >= 11 is 5.90. The zero-order chi connectivity index (χ0) is 33.6. The highest BCUT2D eigenvalue weighted by Crippen LogP contribution is 2.27. The van der Waals surface area contributed by atoms with Crippen molar-refractivity contribution in [1.82, 2.24) is 0 Å². The molecule has 0 aromatic heterocycles. The van der Waals surface area contributed by atoms with Crippen LogP contribution in [0, 0.1) is 27.7 Å². The van der Waals surface area contributed by atoms with Gasteiger partial charge in [-0.1, -0.05) is 108 Å². The Morgan fingerprint density at radius 2 is 1.02 bits per heavy atom. The molecule has 0 spiro atoms. The smallest absolute Gasteiger partial charge is 0.261 e. The maximum absolute atomic E-state index is 12.1. The van der Waals surface area contributed by atoms with Crippen LogP contribution in [0.15, 0.2) is 157 Å². The third kappa shape index (κ3) is 11.4. The van der Waals surface area contributed by atoms with E-state index in [1.807, 2.05) is 136 Å².